The van der Waals surface area contributed by atoms with Gasteiger partial charge in [0.2, 0.25) is 0 Å². The van der Waals surface area contributed by atoms with Gasteiger partial charge in [0.05, 0.1) is 5.60 Å². The van der Waals surface area contributed by atoms with Gasteiger partial charge < -0.3 is 10.4 Å². The van der Waals surface area contributed by atoms with Gasteiger partial charge in [0.15, 0.2) is 0 Å². The monoisotopic (exact) mass is 389 g/mol. The highest BCUT2D eigenvalue weighted by Crippen LogP contribution is 2.77. The molecule has 24 heavy (non-hydrogen) atoms. The zero-order chi connectivity index (χ0) is 16.9. The maximum Gasteiger partial charge on any atom is 0.252 e. The fourth-order valence-corrected chi connectivity index (χ4v) is 7.66. The highest BCUT2D eigenvalue weighted by atomic mass is 79.9. The molecule has 3 nitrogen and oxygen atoms in total. The van der Waals surface area contributed by atoms with E-state index in [1.165, 1.54) is 6.42 Å². The predicted molar refractivity (Wildman–Crippen MR) is 95.8 cm³/mol. The average molecular weight is 390 g/mol. The molecule has 4 unspecified atom stereocenters. The second-order valence-corrected chi connectivity index (χ2v) is 9.79. The average Bonchev–Trinajstić information content (AvgIpc) is 2.83. The minimum Gasteiger partial charge on any atom is -0.389 e. The maximum atomic E-state index is 13.0. The van der Waals surface area contributed by atoms with Gasteiger partial charge in [-0.05, 0) is 87.0 Å². The smallest absolute Gasteiger partial charge is 0.252 e. The number of rotatable bonds is 2. The third-order valence-electron chi connectivity index (χ3n) is 7.77. The van der Waals surface area contributed by atoms with Crippen molar-refractivity contribution >= 4 is 21.8 Å². The minimum atomic E-state index is -0.417. The van der Waals surface area contributed by atoms with Gasteiger partial charge in [0, 0.05) is 21.5 Å². The second kappa shape index (κ2) is 4.64. The molecule has 2 N–H and O–H groups in total. The van der Waals surface area contributed by atoms with Gasteiger partial charge in [0.1, 0.15) is 0 Å². The Bertz CT molecular complexity index is 735. The van der Waals surface area contributed by atoms with E-state index in [0.717, 1.165) is 46.8 Å². The summed E-state index contributed by atoms with van der Waals surface area (Å²) in [7, 11) is 0. The molecule has 4 fully saturated rings. The van der Waals surface area contributed by atoms with E-state index in [2.05, 4.69) is 21.2 Å². The van der Waals surface area contributed by atoms with Crippen molar-refractivity contribution in [1.29, 1.82) is 0 Å². The lowest BCUT2D eigenvalue weighted by Gasteiger charge is -2.55. The van der Waals surface area contributed by atoms with E-state index in [1.807, 2.05) is 26.0 Å². The van der Waals surface area contributed by atoms with Crippen LogP contribution in [0.4, 0.5) is 0 Å². The first-order valence-electron chi connectivity index (χ1n) is 9.13. The van der Waals surface area contributed by atoms with Gasteiger partial charge in [-0.3, -0.25) is 4.79 Å². The Balaban J connectivity index is 1.43. The van der Waals surface area contributed by atoms with E-state index < -0.39 is 5.60 Å². The second-order valence-electron chi connectivity index (χ2n) is 8.87. The molecule has 1 aromatic rings. The van der Waals surface area contributed by atoms with Gasteiger partial charge >= 0.3 is 0 Å². The van der Waals surface area contributed by atoms with Crippen LogP contribution < -0.4 is 5.32 Å². The number of aliphatic hydroxyl groups is 1. The molecule has 0 aliphatic heterocycles. The number of amides is 1. The summed E-state index contributed by atoms with van der Waals surface area (Å²) in [6.45, 7) is 4.00. The molecule has 5 rings (SSSR count). The lowest BCUT2D eigenvalue weighted by molar-refractivity contribution is -0.176. The third kappa shape index (κ3) is 1.74. The molecule has 0 radical (unpaired) electrons. The topological polar surface area (TPSA) is 49.3 Å². The van der Waals surface area contributed by atoms with Gasteiger partial charge in [0.25, 0.3) is 5.91 Å². The SMILES string of the molecule is Cc1cc(Br)cc(C)c1C(=O)N[C@H]1C2CC3C[C@@]4(O)CC1CC34C2. The number of benzene rings is 1. The summed E-state index contributed by atoms with van der Waals surface area (Å²) in [6.07, 6.45) is 5.33. The summed E-state index contributed by atoms with van der Waals surface area (Å²) in [5.41, 5.74) is 2.65. The number of nitrogens with one attached hydrogen (secondary N) is 1. The van der Waals surface area contributed by atoms with Crippen LogP contribution in [0.15, 0.2) is 16.6 Å². The van der Waals surface area contributed by atoms with Crippen LogP contribution in [0.5, 0.6) is 0 Å². The summed E-state index contributed by atoms with van der Waals surface area (Å²) in [5.74, 6) is 1.79. The van der Waals surface area contributed by atoms with E-state index in [9.17, 15) is 9.90 Å². The molecule has 3 bridgehead atoms. The van der Waals surface area contributed by atoms with Crippen LogP contribution in [0.1, 0.15) is 53.6 Å². The molecular formula is C20H24BrNO2. The van der Waals surface area contributed by atoms with Gasteiger partial charge in [-0.15, -0.1) is 0 Å². The summed E-state index contributed by atoms with van der Waals surface area (Å²) in [4.78, 5) is 13.0. The number of aryl methyl sites for hydroxylation is 2. The summed E-state index contributed by atoms with van der Waals surface area (Å²) in [6, 6.07) is 4.26. The molecule has 1 aromatic carbocycles. The lowest BCUT2D eigenvalue weighted by Crippen LogP contribution is -2.57. The van der Waals surface area contributed by atoms with E-state index in [0.29, 0.717) is 17.8 Å². The summed E-state index contributed by atoms with van der Waals surface area (Å²) in [5, 5.41) is 14.4. The Morgan fingerprint density at radius 2 is 1.83 bits per heavy atom. The number of halogens is 1. The number of carbonyl (C=O) groups excluding carboxylic acids is 1. The van der Waals surface area contributed by atoms with Crippen LogP contribution in [0.25, 0.3) is 0 Å². The van der Waals surface area contributed by atoms with Crippen LogP contribution in [0.2, 0.25) is 0 Å². The molecule has 4 aliphatic rings. The van der Waals surface area contributed by atoms with E-state index in [1.54, 1.807) is 0 Å². The zero-order valence-electron chi connectivity index (χ0n) is 14.2. The Hall–Kier alpha value is -0.870. The first kappa shape index (κ1) is 15.4. The Morgan fingerprint density at radius 1 is 1.17 bits per heavy atom. The van der Waals surface area contributed by atoms with Crippen molar-refractivity contribution in [1.82, 2.24) is 5.32 Å². The van der Waals surface area contributed by atoms with Crippen molar-refractivity contribution in [2.45, 2.75) is 57.6 Å². The molecule has 0 heterocycles. The molecule has 0 saturated heterocycles. The zero-order valence-corrected chi connectivity index (χ0v) is 15.8. The Labute approximate surface area is 151 Å². The summed E-state index contributed by atoms with van der Waals surface area (Å²) < 4.78 is 1.02. The van der Waals surface area contributed by atoms with Crippen LogP contribution in [-0.4, -0.2) is 22.7 Å². The normalized spacial score (nSPS) is 44.3. The van der Waals surface area contributed by atoms with Crippen molar-refractivity contribution in [3.05, 3.63) is 33.3 Å². The Morgan fingerprint density at radius 3 is 2.54 bits per heavy atom. The quantitative estimate of drug-likeness (QED) is 0.809. The van der Waals surface area contributed by atoms with Crippen LogP contribution in [-0.2, 0) is 0 Å². The molecule has 1 amide bonds. The van der Waals surface area contributed by atoms with Crippen molar-refractivity contribution in [2.24, 2.45) is 23.2 Å². The predicted octanol–water partition coefficient (Wildman–Crippen LogP) is 3.74. The Kier molecular flexibility index (Phi) is 2.98. The highest BCUT2D eigenvalue weighted by molar-refractivity contribution is 9.10. The molecule has 6 atom stereocenters. The van der Waals surface area contributed by atoms with Crippen molar-refractivity contribution in [3.8, 4) is 0 Å². The highest BCUT2D eigenvalue weighted by Gasteiger charge is 2.76. The molecule has 4 heteroatoms. The minimum absolute atomic E-state index is 0.0643. The largest absolute Gasteiger partial charge is 0.389 e. The van der Waals surface area contributed by atoms with Crippen molar-refractivity contribution in [2.75, 3.05) is 0 Å². The van der Waals surface area contributed by atoms with Crippen LogP contribution in [0.3, 0.4) is 0 Å². The number of carbonyl (C=O) groups is 1. The number of hydrogen-bond donors (Lipinski definition) is 2. The number of hydrogen-bond acceptors (Lipinski definition) is 2. The molecule has 128 valence electrons. The standard InChI is InChI=1S/C20H24BrNO2/c1-10-3-15(21)4-11(2)16(10)18(23)22-17-12-5-14-9-20(24)8-13(17)7-19(14,20)6-12/h3-4,12-14,17,24H,5-9H2,1-2H3,(H,22,23)/t12?,13?,14?,17-,19?,20-/m0/s1. The first-order valence-corrected chi connectivity index (χ1v) is 9.92. The van der Waals surface area contributed by atoms with Crippen molar-refractivity contribution < 1.29 is 9.90 Å². The molecule has 4 aliphatic carbocycles. The van der Waals surface area contributed by atoms with Crippen molar-refractivity contribution in [3.63, 3.8) is 0 Å². The molecule has 0 aromatic heterocycles. The number of fused-ring (bicyclic) bond motifs is 2. The fourth-order valence-electron chi connectivity index (χ4n) is 6.98. The van der Waals surface area contributed by atoms with E-state index >= 15 is 0 Å². The molecule has 4 saturated carbocycles. The maximum absolute atomic E-state index is 13.0. The molecule has 1 spiro atoms. The van der Waals surface area contributed by atoms with Crippen LogP contribution in [0, 0.1) is 37.0 Å². The first-order chi connectivity index (χ1) is 11.3. The van der Waals surface area contributed by atoms with Gasteiger partial charge in [-0.25, -0.2) is 0 Å². The van der Waals surface area contributed by atoms with E-state index in [-0.39, 0.29) is 17.4 Å². The van der Waals surface area contributed by atoms with Crippen LogP contribution >= 0.6 is 15.9 Å². The fraction of sp³-hybridized carbons (Fsp3) is 0.650. The molecular weight excluding hydrogens is 366 g/mol. The van der Waals surface area contributed by atoms with Gasteiger partial charge in [-0.1, -0.05) is 15.9 Å². The summed E-state index contributed by atoms with van der Waals surface area (Å²) >= 11 is 3.50. The van der Waals surface area contributed by atoms with Gasteiger partial charge in [-0.2, -0.15) is 0 Å². The van der Waals surface area contributed by atoms with E-state index in [4.69, 9.17) is 0 Å². The third-order valence-corrected chi connectivity index (χ3v) is 8.23. The lowest BCUT2D eigenvalue weighted by atomic mass is 9.53.